The molecule has 2 aromatic carbocycles. The third kappa shape index (κ3) is 3.62. The summed E-state index contributed by atoms with van der Waals surface area (Å²) in [7, 11) is 0. The molecule has 0 bridgehead atoms. The minimum Gasteiger partial charge on any atom is -0.390 e. The van der Waals surface area contributed by atoms with E-state index in [0.29, 0.717) is 22.1 Å². The summed E-state index contributed by atoms with van der Waals surface area (Å²) in [5.74, 6) is 0.505. The van der Waals surface area contributed by atoms with Gasteiger partial charge in [-0.2, -0.15) is 0 Å². The highest BCUT2D eigenvalue weighted by Gasteiger charge is 2.02. The van der Waals surface area contributed by atoms with E-state index in [0.717, 1.165) is 0 Å². The molecule has 0 saturated carbocycles. The number of nitrogens with two attached hydrogens (primary N) is 1. The maximum Gasteiger partial charge on any atom is 0.179 e. The largest absolute Gasteiger partial charge is 0.390 e. The molecule has 0 aliphatic heterocycles. The highest BCUT2D eigenvalue weighted by Crippen LogP contribution is 2.27. The number of halogens is 1. The maximum absolute atomic E-state index is 12.7. The predicted octanol–water partition coefficient (Wildman–Crippen LogP) is 3.11. The van der Waals surface area contributed by atoms with E-state index in [2.05, 4.69) is 17.6 Å². The first-order chi connectivity index (χ1) is 9.19. The molecule has 2 rings (SSSR count). The van der Waals surface area contributed by atoms with Gasteiger partial charge in [-0.1, -0.05) is 0 Å². The third-order valence-corrected chi connectivity index (χ3v) is 2.57. The quantitative estimate of drug-likeness (QED) is 0.297. The molecule has 0 aromatic heterocycles. The van der Waals surface area contributed by atoms with E-state index < -0.39 is 0 Å². The van der Waals surface area contributed by atoms with Gasteiger partial charge in [0.05, 0.1) is 12.0 Å². The molecular weight excluding hydrogens is 267 g/mol. The fraction of sp³-hybridized carbons (Fsp3) is 0. The van der Waals surface area contributed by atoms with E-state index >= 15 is 0 Å². The molecule has 98 valence electrons. The van der Waals surface area contributed by atoms with Gasteiger partial charge in [0.2, 0.25) is 0 Å². The summed E-state index contributed by atoms with van der Waals surface area (Å²) in [6.45, 7) is 0. The van der Waals surface area contributed by atoms with Crippen LogP contribution in [0.15, 0.2) is 52.4 Å². The van der Waals surface area contributed by atoms with Gasteiger partial charge < -0.3 is 5.73 Å². The lowest BCUT2D eigenvalue weighted by Gasteiger charge is -2.07. The minimum atomic E-state index is -0.339. The van der Waals surface area contributed by atoms with Gasteiger partial charge in [-0.05, 0) is 36.4 Å². The van der Waals surface area contributed by atoms with Crippen molar-refractivity contribution in [2.75, 3.05) is 0 Å². The maximum atomic E-state index is 12.7. The molecule has 0 amide bonds. The van der Waals surface area contributed by atoms with Crippen LogP contribution in [-0.2, 0) is 0 Å². The Hall–Kier alpha value is -2.21. The number of benzene rings is 2. The van der Waals surface area contributed by atoms with Crippen LogP contribution in [0.4, 0.5) is 10.1 Å². The van der Waals surface area contributed by atoms with Crippen LogP contribution in [0.2, 0.25) is 0 Å². The Morgan fingerprint density at radius 3 is 2.32 bits per heavy atom. The van der Waals surface area contributed by atoms with Gasteiger partial charge in [0.1, 0.15) is 5.82 Å². The van der Waals surface area contributed by atoms with Crippen molar-refractivity contribution < 1.29 is 14.2 Å². The molecular formula is C13H11FN2O2S. The van der Waals surface area contributed by atoms with Crippen LogP contribution in [0.1, 0.15) is 0 Å². The summed E-state index contributed by atoms with van der Waals surface area (Å²) < 4.78 is 12.7. The average molecular weight is 278 g/mol. The molecule has 19 heavy (non-hydrogen) atoms. The summed E-state index contributed by atoms with van der Waals surface area (Å²) in [5.41, 5.74) is 5.83. The van der Waals surface area contributed by atoms with E-state index in [1.54, 1.807) is 18.2 Å². The van der Waals surface area contributed by atoms with Crippen LogP contribution < -0.4 is 15.5 Å². The Balaban J connectivity index is 2.03. The number of nitrogens with zero attached hydrogens (tertiary/aromatic N) is 1. The molecule has 0 atom stereocenters. The highest BCUT2D eigenvalue weighted by molar-refractivity contribution is 7.80. The molecule has 0 unspecified atom stereocenters. The van der Waals surface area contributed by atoms with Crippen molar-refractivity contribution in [3.8, 4) is 11.5 Å². The highest BCUT2D eigenvalue weighted by atomic mass is 32.1. The van der Waals surface area contributed by atoms with Crippen LogP contribution in [0.5, 0.6) is 11.5 Å². The fourth-order valence-electron chi connectivity index (χ4n) is 1.33. The van der Waals surface area contributed by atoms with Crippen LogP contribution in [0.25, 0.3) is 0 Å². The molecule has 0 fully saturated rings. The summed E-state index contributed by atoms with van der Waals surface area (Å²) in [6, 6.07) is 10.5. The number of hydrogen-bond donors (Lipinski definition) is 2. The summed E-state index contributed by atoms with van der Waals surface area (Å²) >= 11 is 4.24. The summed E-state index contributed by atoms with van der Waals surface area (Å²) in [4.78, 5) is 14.6. The Bertz CT molecular complexity index is 588. The van der Waals surface area contributed by atoms with E-state index in [4.69, 9.17) is 15.5 Å². The van der Waals surface area contributed by atoms with Crippen molar-refractivity contribution in [2.24, 2.45) is 10.7 Å². The van der Waals surface area contributed by atoms with Gasteiger partial charge in [-0.3, -0.25) is 9.78 Å². The topological polar surface area (TPSA) is 56.8 Å². The van der Waals surface area contributed by atoms with Crippen molar-refractivity contribution in [3.63, 3.8) is 0 Å². The van der Waals surface area contributed by atoms with E-state index in [1.807, 2.05) is 0 Å². The first-order valence-corrected chi connectivity index (χ1v) is 5.81. The van der Waals surface area contributed by atoms with Crippen LogP contribution in [0.3, 0.4) is 0 Å². The standard InChI is InChI=1S/C13H11FN2O2S/c14-9-1-3-10(4-2-9)17-18-11-5-6-12(16-8-15)13(19)7-11/h1-8,19H,(H2,15,16). The summed E-state index contributed by atoms with van der Waals surface area (Å²) in [6.07, 6.45) is 1.19. The van der Waals surface area contributed by atoms with Gasteiger partial charge in [0, 0.05) is 11.0 Å². The van der Waals surface area contributed by atoms with Gasteiger partial charge in [-0.25, -0.2) is 9.38 Å². The van der Waals surface area contributed by atoms with E-state index in [-0.39, 0.29) is 5.82 Å². The fourth-order valence-corrected chi connectivity index (χ4v) is 1.59. The second kappa shape index (κ2) is 6.10. The Labute approximate surface area is 115 Å². The van der Waals surface area contributed by atoms with E-state index in [1.165, 1.54) is 30.6 Å². The average Bonchev–Trinajstić information content (AvgIpc) is 2.41. The number of aliphatic imine (C=N–C) groups is 1. The number of thiol groups is 1. The monoisotopic (exact) mass is 278 g/mol. The smallest absolute Gasteiger partial charge is 0.179 e. The first kappa shape index (κ1) is 13.2. The SMILES string of the molecule is NC=Nc1ccc(OOc2ccc(F)cc2)cc1S. The molecule has 0 radical (unpaired) electrons. The number of hydrogen-bond acceptors (Lipinski definition) is 4. The second-order valence-electron chi connectivity index (χ2n) is 3.55. The molecule has 0 heterocycles. The van der Waals surface area contributed by atoms with Gasteiger partial charge in [0.15, 0.2) is 11.5 Å². The lowest BCUT2D eigenvalue weighted by atomic mass is 10.3. The van der Waals surface area contributed by atoms with Gasteiger partial charge in [0.25, 0.3) is 0 Å². The van der Waals surface area contributed by atoms with E-state index in [9.17, 15) is 4.39 Å². The molecule has 2 aromatic rings. The lowest BCUT2D eigenvalue weighted by Crippen LogP contribution is -2.00. The van der Waals surface area contributed by atoms with Crippen molar-refractivity contribution in [2.45, 2.75) is 4.90 Å². The van der Waals surface area contributed by atoms with Crippen molar-refractivity contribution >= 4 is 24.7 Å². The molecule has 6 heteroatoms. The van der Waals surface area contributed by atoms with Gasteiger partial charge >= 0.3 is 0 Å². The molecule has 0 spiro atoms. The molecule has 0 aliphatic carbocycles. The molecule has 4 nitrogen and oxygen atoms in total. The van der Waals surface area contributed by atoms with Crippen molar-refractivity contribution in [3.05, 3.63) is 48.3 Å². The zero-order valence-electron chi connectivity index (χ0n) is 9.79. The molecule has 0 aliphatic rings. The third-order valence-electron chi connectivity index (χ3n) is 2.21. The van der Waals surface area contributed by atoms with Crippen LogP contribution >= 0.6 is 12.6 Å². The first-order valence-electron chi connectivity index (χ1n) is 5.36. The Kier molecular flexibility index (Phi) is 4.25. The summed E-state index contributed by atoms with van der Waals surface area (Å²) in [5, 5.41) is 0. The number of rotatable bonds is 4. The zero-order valence-corrected chi connectivity index (χ0v) is 10.7. The van der Waals surface area contributed by atoms with Crippen molar-refractivity contribution in [1.29, 1.82) is 0 Å². The van der Waals surface area contributed by atoms with Crippen LogP contribution in [0, 0.1) is 5.82 Å². The van der Waals surface area contributed by atoms with Crippen molar-refractivity contribution in [1.82, 2.24) is 0 Å². The Morgan fingerprint density at radius 1 is 1.05 bits per heavy atom. The van der Waals surface area contributed by atoms with Crippen LogP contribution in [-0.4, -0.2) is 6.34 Å². The normalized spacial score (nSPS) is 10.6. The Morgan fingerprint density at radius 2 is 1.68 bits per heavy atom. The molecule has 2 N–H and O–H groups in total. The second-order valence-corrected chi connectivity index (χ2v) is 4.03. The minimum absolute atomic E-state index is 0.339. The molecule has 0 saturated heterocycles. The lowest BCUT2D eigenvalue weighted by molar-refractivity contribution is -0.100. The van der Waals surface area contributed by atoms with Gasteiger partial charge in [-0.15, -0.1) is 12.6 Å². The zero-order chi connectivity index (χ0) is 13.7. The predicted molar refractivity (Wildman–Crippen MR) is 73.7 cm³/mol.